The molecule has 0 saturated heterocycles. The maximum Gasteiger partial charge on any atom is 0.125 e. The smallest absolute Gasteiger partial charge is 0.125 e. The van der Waals surface area contributed by atoms with Gasteiger partial charge in [-0.2, -0.15) is 11.8 Å². The van der Waals surface area contributed by atoms with Crippen LogP contribution in [0.25, 0.3) is 0 Å². The molecule has 0 amide bonds. The lowest BCUT2D eigenvalue weighted by atomic mass is 9.86. The van der Waals surface area contributed by atoms with Gasteiger partial charge in [0.15, 0.2) is 0 Å². The van der Waals surface area contributed by atoms with Gasteiger partial charge in [-0.15, -0.1) is 0 Å². The number of benzene rings is 4. The highest BCUT2D eigenvalue weighted by Gasteiger charge is 2.40. The molecule has 0 fully saturated rings. The molecule has 36 heavy (non-hydrogen) atoms. The van der Waals surface area contributed by atoms with Crippen LogP contribution in [-0.4, -0.2) is 14.7 Å². The summed E-state index contributed by atoms with van der Waals surface area (Å²) < 4.78 is 30.8. The van der Waals surface area contributed by atoms with Crippen molar-refractivity contribution in [1.82, 2.24) is 4.72 Å². The Morgan fingerprint density at radius 1 is 0.722 bits per heavy atom. The molecule has 0 aliphatic heterocycles. The molecule has 3 nitrogen and oxygen atoms in total. The van der Waals surface area contributed by atoms with Gasteiger partial charge in [0.1, 0.15) is 11.0 Å². The molecule has 0 aromatic heterocycles. The standard InChI is InChI=1S/C30H31NO2S3/c1-22-14-18-25(19-15-22)35(32)28-13-9-8-12-27(28)29(34-4)30(3,24-10-6-5-7-11-24)31-36(33)26-20-16-23(2)17-21-26/h5-21,29,31H,1-4H3/t29-,30-,35-,36+/m0/s1. The Morgan fingerprint density at radius 3 is 1.83 bits per heavy atom. The molecule has 0 aliphatic carbocycles. The third-order valence-electron chi connectivity index (χ3n) is 6.31. The molecule has 6 heteroatoms. The van der Waals surface area contributed by atoms with Gasteiger partial charge in [-0.05, 0) is 68.5 Å². The first-order valence-electron chi connectivity index (χ1n) is 11.8. The predicted molar refractivity (Wildman–Crippen MR) is 153 cm³/mol. The zero-order valence-electron chi connectivity index (χ0n) is 20.9. The minimum atomic E-state index is -1.45. The van der Waals surface area contributed by atoms with Crippen LogP contribution in [0.15, 0.2) is 118 Å². The molecule has 0 unspecified atom stereocenters. The van der Waals surface area contributed by atoms with Crippen LogP contribution in [0.5, 0.6) is 0 Å². The Kier molecular flexibility index (Phi) is 8.62. The molecule has 4 atom stereocenters. The molecular formula is C30H31NO2S3. The van der Waals surface area contributed by atoms with Crippen LogP contribution in [0.2, 0.25) is 0 Å². The second-order valence-electron chi connectivity index (χ2n) is 8.99. The van der Waals surface area contributed by atoms with Crippen molar-refractivity contribution in [2.24, 2.45) is 0 Å². The van der Waals surface area contributed by atoms with E-state index in [1.165, 1.54) is 0 Å². The fraction of sp³-hybridized carbons (Fsp3) is 0.200. The molecule has 0 saturated carbocycles. The van der Waals surface area contributed by atoms with Gasteiger partial charge in [0.25, 0.3) is 0 Å². The highest BCUT2D eigenvalue weighted by atomic mass is 32.2. The summed E-state index contributed by atoms with van der Waals surface area (Å²) in [5.74, 6) is 0. The van der Waals surface area contributed by atoms with Crippen molar-refractivity contribution in [2.45, 2.75) is 46.2 Å². The molecule has 4 rings (SSSR count). The van der Waals surface area contributed by atoms with E-state index in [-0.39, 0.29) is 5.25 Å². The highest BCUT2D eigenvalue weighted by Crippen LogP contribution is 2.46. The molecule has 4 aromatic carbocycles. The quantitative estimate of drug-likeness (QED) is 0.250. The topological polar surface area (TPSA) is 46.2 Å². The lowest BCUT2D eigenvalue weighted by Gasteiger charge is -2.39. The molecule has 0 radical (unpaired) electrons. The zero-order chi connectivity index (χ0) is 25.7. The van der Waals surface area contributed by atoms with E-state index in [0.717, 1.165) is 36.9 Å². The van der Waals surface area contributed by atoms with Gasteiger partial charge in [0.2, 0.25) is 0 Å². The van der Waals surface area contributed by atoms with E-state index < -0.39 is 27.3 Å². The van der Waals surface area contributed by atoms with Gasteiger partial charge in [-0.3, -0.25) is 0 Å². The van der Waals surface area contributed by atoms with Crippen molar-refractivity contribution < 1.29 is 8.42 Å². The lowest BCUT2D eigenvalue weighted by Crippen LogP contribution is -2.45. The van der Waals surface area contributed by atoms with E-state index in [2.05, 4.69) is 23.8 Å². The van der Waals surface area contributed by atoms with Crippen LogP contribution >= 0.6 is 11.8 Å². The summed E-state index contributed by atoms with van der Waals surface area (Å²) in [4.78, 5) is 2.26. The van der Waals surface area contributed by atoms with Gasteiger partial charge in [0, 0.05) is 9.79 Å². The van der Waals surface area contributed by atoms with Crippen molar-refractivity contribution in [2.75, 3.05) is 6.26 Å². The van der Waals surface area contributed by atoms with E-state index in [0.29, 0.717) is 0 Å². The van der Waals surface area contributed by atoms with Gasteiger partial charge < -0.3 is 0 Å². The van der Waals surface area contributed by atoms with E-state index >= 15 is 0 Å². The Morgan fingerprint density at radius 2 is 1.25 bits per heavy atom. The average Bonchev–Trinajstić information content (AvgIpc) is 2.90. The lowest BCUT2D eigenvalue weighted by molar-refractivity contribution is 0.431. The normalized spacial score (nSPS) is 15.6. The SMILES string of the molecule is CS[C@@H](c1ccccc1[S@@](=O)c1ccc(C)cc1)[C@@](C)(N[S@](=O)c1ccc(C)cc1)c1ccccc1. The summed E-state index contributed by atoms with van der Waals surface area (Å²) in [6.07, 6.45) is 2.05. The van der Waals surface area contributed by atoms with Crippen LogP contribution in [0.4, 0.5) is 0 Å². The summed E-state index contributed by atoms with van der Waals surface area (Å²) in [7, 11) is -2.80. The number of aryl methyl sites for hydroxylation is 2. The van der Waals surface area contributed by atoms with Crippen molar-refractivity contribution >= 4 is 33.5 Å². The fourth-order valence-electron chi connectivity index (χ4n) is 4.29. The molecule has 4 aromatic rings. The number of hydrogen-bond donors (Lipinski definition) is 1. The monoisotopic (exact) mass is 533 g/mol. The number of rotatable bonds is 9. The van der Waals surface area contributed by atoms with E-state index in [9.17, 15) is 8.42 Å². The zero-order valence-corrected chi connectivity index (χ0v) is 23.4. The van der Waals surface area contributed by atoms with Crippen molar-refractivity contribution in [3.8, 4) is 0 Å². The van der Waals surface area contributed by atoms with Crippen LogP contribution in [0.1, 0.15) is 34.4 Å². The third kappa shape index (κ3) is 5.73. The number of hydrogen-bond acceptors (Lipinski definition) is 3. The van der Waals surface area contributed by atoms with Crippen molar-refractivity contribution in [3.05, 3.63) is 125 Å². The first-order valence-corrected chi connectivity index (χ1v) is 15.3. The Bertz CT molecular complexity index is 1360. The summed E-state index contributed by atoms with van der Waals surface area (Å²) in [6.45, 7) is 6.12. The van der Waals surface area contributed by atoms with E-state index in [1.54, 1.807) is 11.8 Å². The van der Waals surface area contributed by atoms with E-state index in [1.807, 2.05) is 111 Å². The van der Waals surface area contributed by atoms with Crippen molar-refractivity contribution in [1.29, 1.82) is 0 Å². The largest absolute Gasteiger partial charge is 0.249 e. The van der Waals surface area contributed by atoms with E-state index in [4.69, 9.17) is 0 Å². The Hall–Kier alpha value is -2.51. The predicted octanol–water partition coefficient (Wildman–Crippen LogP) is 7.10. The molecule has 0 aliphatic rings. The first-order chi connectivity index (χ1) is 17.3. The van der Waals surface area contributed by atoms with Crippen LogP contribution in [0.3, 0.4) is 0 Å². The third-order valence-corrected chi connectivity index (χ3v) is 10.3. The Labute approximate surface area is 223 Å². The molecule has 186 valence electrons. The van der Waals surface area contributed by atoms with Gasteiger partial charge >= 0.3 is 0 Å². The second-order valence-corrected chi connectivity index (χ2v) is 12.6. The molecule has 0 spiro atoms. The summed E-state index contributed by atoms with van der Waals surface area (Å²) in [6, 6.07) is 33.6. The van der Waals surface area contributed by atoms with Crippen LogP contribution in [-0.2, 0) is 27.3 Å². The van der Waals surface area contributed by atoms with Gasteiger partial charge in [-0.25, -0.2) is 13.1 Å². The maximum absolute atomic E-state index is 13.8. The molecule has 1 N–H and O–H groups in total. The van der Waals surface area contributed by atoms with Crippen LogP contribution < -0.4 is 4.72 Å². The Balaban J connectivity index is 1.80. The molecule has 0 bridgehead atoms. The first kappa shape index (κ1) is 26.6. The maximum atomic E-state index is 13.8. The number of nitrogens with one attached hydrogen (secondary N) is 1. The average molecular weight is 534 g/mol. The minimum Gasteiger partial charge on any atom is -0.249 e. The summed E-state index contributed by atoms with van der Waals surface area (Å²) in [5, 5.41) is -0.167. The van der Waals surface area contributed by atoms with Gasteiger partial charge in [-0.1, -0.05) is 83.9 Å². The van der Waals surface area contributed by atoms with Gasteiger partial charge in [0.05, 0.1) is 26.5 Å². The van der Waals surface area contributed by atoms with Crippen molar-refractivity contribution in [3.63, 3.8) is 0 Å². The second kappa shape index (κ2) is 11.7. The van der Waals surface area contributed by atoms with Crippen LogP contribution in [0, 0.1) is 13.8 Å². The molecule has 0 heterocycles. The minimum absolute atomic E-state index is 0.167. The fourth-order valence-corrected chi connectivity index (χ4v) is 7.93. The highest BCUT2D eigenvalue weighted by molar-refractivity contribution is 7.99. The molecular weight excluding hydrogens is 503 g/mol. The summed E-state index contributed by atoms with van der Waals surface area (Å²) >= 11 is 1.66. The number of thioether (sulfide) groups is 1. The summed E-state index contributed by atoms with van der Waals surface area (Å²) in [5.41, 5.74) is 3.51.